The van der Waals surface area contributed by atoms with E-state index in [1.165, 1.54) is 16.7 Å². The van der Waals surface area contributed by atoms with Crippen molar-refractivity contribution < 1.29 is 9.53 Å². The Morgan fingerprint density at radius 1 is 1.03 bits per heavy atom. The van der Waals surface area contributed by atoms with Crippen LogP contribution in [0.25, 0.3) is 11.0 Å². The molecule has 5 rings (SSSR count). The highest BCUT2D eigenvalue weighted by molar-refractivity contribution is 5.96. The average Bonchev–Trinajstić information content (AvgIpc) is 3.37. The van der Waals surface area contributed by atoms with Gasteiger partial charge in [-0.15, -0.1) is 0 Å². The topological polar surface area (TPSA) is 47.4 Å². The lowest BCUT2D eigenvalue weighted by molar-refractivity contribution is -0.117. The number of methoxy groups -OCH3 is 1. The Morgan fingerprint density at radius 2 is 1.81 bits per heavy atom. The molecule has 2 heterocycles. The van der Waals surface area contributed by atoms with Gasteiger partial charge in [0.15, 0.2) is 0 Å². The summed E-state index contributed by atoms with van der Waals surface area (Å²) in [5.41, 5.74) is 6.78. The van der Waals surface area contributed by atoms with Crippen LogP contribution in [-0.4, -0.2) is 29.1 Å². The standard InChI is InChI=1S/C27H27N3O2/c1-18-8-9-19(2)20(14-18)16-30-25-7-5-4-6-24(25)28-27(30)21-15-26(31)29(17-21)22-10-12-23(32-3)13-11-22/h4-14,21H,15-17H2,1-3H3/t21-/m0/s1. The van der Waals surface area contributed by atoms with E-state index in [1.54, 1.807) is 7.11 Å². The Balaban J connectivity index is 1.52. The number of aryl methyl sites for hydroxylation is 2. The molecule has 0 saturated carbocycles. The number of anilines is 1. The zero-order valence-electron chi connectivity index (χ0n) is 18.7. The van der Waals surface area contributed by atoms with Crippen molar-refractivity contribution in [2.45, 2.75) is 32.7 Å². The Labute approximate surface area is 188 Å². The summed E-state index contributed by atoms with van der Waals surface area (Å²) in [6.45, 7) is 5.65. The average molecular weight is 426 g/mol. The van der Waals surface area contributed by atoms with Gasteiger partial charge in [0.25, 0.3) is 0 Å². The molecule has 1 aliphatic heterocycles. The molecule has 0 spiro atoms. The van der Waals surface area contributed by atoms with Gasteiger partial charge >= 0.3 is 0 Å². The zero-order chi connectivity index (χ0) is 22.2. The molecular weight excluding hydrogens is 398 g/mol. The lowest BCUT2D eigenvalue weighted by Crippen LogP contribution is -2.24. The fourth-order valence-corrected chi connectivity index (χ4v) is 4.61. The second-order valence-electron chi connectivity index (χ2n) is 8.58. The highest BCUT2D eigenvalue weighted by Gasteiger charge is 2.35. The summed E-state index contributed by atoms with van der Waals surface area (Å²) in [4.78, 5) is 19.8. The van der Waals surface area contributed by atoms with Crippen molar-refractivity contribution in [3.63, 3.8) is 0 Å². The van der Waals surface area contributed by atoms with Crippen LogP contribution < -0.4 is 9.64 Å². The maximum Gasteiger partial charge on any atom is 0.227 e. The van der Waals surface area contributed by atoms with Gasteiger partial charge in [-0.2, -0.15) is 0 Å². The minimum Gasteiger partial charge on any atom is -0.497 e. The summed E-state index contributed by atoms with van der Waals surface area (Å²) in [7, 11) is 1.65. The predicted molar refractivity (Wildman–Crippen MR) is 127 cm³/mol. The van der Waals surface area contributed by atoms with E-state index < -0.39 is 0 Å². The number of imidazole rings is 1. The van der Waals surface area contributed by atoms with E-state index in [0.29, 0.717) is 13.0 Å². The van der Waals surface area contributed by atoms with E-state index in [1.807, 2.05) is 35.2 Å². The second kappa shape index (κ2) is 8.15. The van der Waals surface area contributed by atoms with Crippen molar-refractivity contribution in [1.29, 1.82) is 0 Å². The number of rotatable bonds is 5. The molecule has 1 saturated heterocycles. The molecule has 3 aromatic carbocycles. The van der Waals surface area contributed by atoms with E-state index in [0.717, 1.165) is 34.8 Å². The summed E-state index contributed by atoms with van der Waals surface area (Å²) in [6, 6.07) is 22.5. The maximum absolute atomic E-state index is 13.0. The number of hydrogen-bond acceptors (Lipinski definition) is 3. The fraction of sp³-hybridized carbons (Fsp3) is 0.259. The largest absolute Gasteiger partial charge is 0.497 e. The normalized spacial score (nSPS) is 16.2. The first-order valence-corrected chi connectivity index (χ1v) is 11.0. The highest BCUT2D eigenvalue weighted by Crippen LogP contribution is 2.34. The van der Waals surface area contributed by atoms with Gasteiger partial charge in [-0.1, -0.05) is 35.9 Å². The molecule has 5 nitrogen and oxygen atoms in total. The van der Waals surface area contributed by atoms with Gasteiger partial charge in [0.05, 0.1) is 18.1 Å². The quantitative estimate of drug-likeness (QED) is 0.440. The molecule has 5 heteroatoms. The SMILES string of the molecule is COc1ccc(N2C[C@@H](c3nc4ccccc4n3Cc3cc(C)ccc3C)CC2=O)cc1. The third-order valence-corrected chi connectivity index (χ3v) is 6.39. The van der Waals surface area contributed by atoms with Crippen LogP contribution in [0.4, 0.5) is 5.69 Å². The van der Waals surface area contributed by atoms with Crippen LogP contribution in [-0.2, 0) is 11.3 Å². The summed E-state index contributed by atoms with van der Waals surface area (Å²) in [6.07, 6.45) is 0.460. The van der Waals surface area contributed by atoms with Crippen molar-refractivity contribution in [2.75, 3.05) is 18.6 Å². The van der Waals surface area contributed by atoms with Gasteiger partial charge in [0.2, 0.25) is 5.91 Å². The van der Waals surface area contributed by atoms with E-state index in [4.69, 9.17) is 9.72 Å². The molecule has 1 aliphatic rings. The number of nitrogens with zero attached hydrogens (tertiary/aromatic N) is 3. The van der Waals surface area contributed by atoms with E-state index >= 15 is 0 Å². The number of amides is 1. The van der Waals surface area contributed by atoms with Gasteiger partial charge in [0, 0.05) is 31.1 Å². The molecule has 0 bridgehead atoms. The highest BCUT2D eigenvalue weighted by atomic mass is 16.5. The number of fused-ring (bicyclic) bond motifs is 1. The van der Waals surface area contributed by atoms with Gasteiger partial charge in [0.1, 0.15) is 11.6 Å². The van der Waals surface area contributed by atoms with Gasteiger partial charge in [-0.05, 0) is 61.4 Å². The van der Waals surface area contributed by atoms with E-state index in [2.05, 4.69) is 54.8 Å². The number of ether oxygens (including phenoxy) is 1. The number of benzene rings is 3. The molecule has 4 aromatic rings. The molecule has 0 unspecified atom stereocenters. The van der Waals surface area contributed by atoms with E-state index in [-0.39, 0.29) is 11.8 Å². The number of carbonyl (C=O) groups is 1. The number of para-hydroxylation sites is 2. The first kappa shape index (κ1) is 20.3. The first-order valence-electron chi connectivity index (χ1n) is 11.0. The van der Waals surface area contributed by atoms with Crippen molar-refractivity contribution in [1.82, 2.24) is 9.55 Å². The molecule has 1 aromatic heterocycles. The molecule has 32 heavy (non-hydrogen) atoms. The van der Waals surface area contributed by atoms with Crippen LogP contribution in [0.15, 0.2) is 66.7 Å². The molecule has 0 radical (unpaired) electrons. The Kier molecular flexibility index (Phi) is 5.17. The number of aromatic nitrogens is 2. The summed E-state index contributed by atoms with van der Waals surface area (Å²) < 4.78 is 7.55. The monoisotopic (exact) mass is 425 g/mol. The maximum atomic E-state index is 13.0. The first-order chi connectivity index (χ1) is 15.5. The van der Waals surface area contributed by atoms with Crippen LogP contribution in [0.2, 0.25) is 0 Å². The lowest BCUT2D eigenvalue weighted by atomic mass is 10.0. The molecular formula is C27H27N3O2. The number of hydrogen-bond donors (Lipinski definition) is 0. The molecule has 1 atom stereocenters. The Morgan fingerprint density at radius 3 is 2.59 bits per heavy atom. The minimum atomic E-state index is 0.0436. The smallest absolute Gasteiger partial charge is 0.227 e. The summed E-state index contributed by atoms with van der Waals surface area (Å²) in [5.74, 6) is 1.94. The van der Waals surface area contributed by atoms with Crippen LogP contribution in [0.5, 0.6) is 5.75 Å². The molecule has 1 amide bonds. The third-order valence-electron chi connectivity index (χ3n) is 6.39. The van der Waals surface area contributed by atoms with Crippen molar-refractivity contribution in [3.05, 3.63) is 89.2 Å². The van der Waals surface area contributed by atoms with Crippen LogP contribution >= 0.6 is 0 Å². The van der Waals surface area contributed by atoms with Crippen LogP contribution in [0, 0.1) is 13.8 Å². The lowest BCUT2D eigenvalue weighted by Gasteiger charge is -2.18. The molecule has 0 N–H and O–H groups in total. The fourth-order valence-electron chi connectivity index (χ4n) is 4.61. The molecule has 162 valence electrons. The minimum absolute atomic E-state index is 0.0436. The number of carbonyl (C=O) groups excluding carboxylic acids is 1. The van der Waals surface area contributed by atoms with E-state index in [9.17, 15) is 4.79 Å². The third kappa shape index (κ3) is 3.64. The Bertz CT molecular complexity index is 1290. The van der Waals surface area contributed by atoms with Gasteiger partial charge in [-0.3, -0.25) is 4.79 Å². The second-order valence-corrected chi connectivity index (χ2v) is 8.58. The Hall–Kier alpha value is -3.60. The molecule has 1 fully saturated rings. The van der Waals surface area contributed by atoms with Crippen molar-refractivity contribution in [2.24, 2.45) is 0 Å². The summed E-state index contributed by atoms with van der Waals surface area (Å²) >= 11 is 0. The van der Waals surface area contributed by atoms with Crippen molar-refractivity contribution >= 4 is 22.6 Å². The summed E-state index contributed by atoms with van der Waals surface area (Å²) in [5, 5.41) is 0. The van der Waals surface area contributed by atoms with Crippen molar-refractivity contribution in [3.8, 4) is 5.75 Å². The van der Waals surface area contributed by atoms with Gasteiger partial charge in [-0.25, -0.2) is 4.98 Å². The molecule has 0 aliphatic carbocycles. The van der Waals surface area contributed by atoms with Crippen LogP contribution in [0.3, 0.4) is 0 Å². The zero-order valence-corrected chi connectivity index (χ0v) is 18.7. The predicted octanol–water partition coefficient (Wildman–Crippen LogP) is 5.23. The van der Waals surface area contributed by atoms with Gasteiger partial charge < -0.3 is 14.2 Å². The van der Waals surface area contributed by atoms with Crippen LogP contribution in [0.1, 0.15) is 34.9 Å².